The lowest BCUT2D eigenvalue weighted by molar-refractivity contribution is -0.146. The quantitative estimate of drug-likeness (QED) is 0.262. The van der Waals surface area contributed by atoms with Crippen LogP contribution in [0.2, 0.25) is 0 Å². The normalized spacial score (nSPS) is 15.5. The molecule has 5 N–H and O–H groups in total. The number of thiocarbonyl (C=S) groups is 1. The van der Waals surface area contributed by atoms with E-state index in [1.165, 1.54) is 5.48 Å². The van der Waals surface area contributed by atoms with Crippen LogP contribution in [0.15, 0.2) is 0 Å². The van der Waals surface area contributed by atoms with E-state index in [0.717, 1.165) is 0 Å². The zero-order valence-electron chi connectivity index (χ0n) is 14.6. The van der Waals surface area contributed by atoms with Gasteiger partial charge < -0.3 is 15.7 Å². The second kappa shape index (κ2) is 9.14. The maximum atomic E-state index is 12.6. The topological polar surface area (TPSA) is 111 Å². The molecule has 0 saturated heterocycles. The molecule has 0 rings (SSSR count). The second-order valence-corrected chi connectivity index (χ2v) is 7.52. The van der Waals surface area contributed by atoms with Gasteiger partial charge in [0.25, 0.3) is 5.91 Å². The Morgan fingerprint density at radius 2 is 1.70 bits per heavy atom. The molecular weight excluding hydrogens is 318 g/mol. The van der Waals surface area contributed by atoms with Crippen LogP contribution in [-0.2, 0) is 9.59 Å². The van der Waals surface area contributed by atoms with Gasteiger partial charge in [0.05, 0.1) is 16.9 Å². The van der Waals surface area contributed by atoms with Gasteiger partial charge >= 0.3 is 0 Å². The minimum atomic E-state index is -1.63. The van der Waals surface area contributed by atoms with Crippen LogP contribution >= 0.6 is 12.2 Å². The van der Waals surface area contributed by atoms with Crippen LogP contribution in [0, 0.1) is 17.3 Å². The van der Waals surface area contributed by atoms with Crippen molar-refractivity contribution in [3.8, 4) is 0 Å². The fourth-order valence-electron chi connectivity index (χ4n) is 2.21. The molecule has 0 radical (unpaired) electrons. The number of aliphatic hydroxyl groups excluding tert-OH is 1. The van der Waals surface area contributed by atoms with Gasteiger partial charge in [-0.25, -0.2) is 5.48 Å². The summed E-state index contributed by atoms with van der Waals surface area (Å²) in [5.41, 5.74) is 1.04. The average Bonchev–Trinajstić information content (AvgIpc) is 2.46. The van der Waals surface area contributed by atoms with E-state index >= 15 is 0 Å². The number of likely N-dealkylation sites (N-methyl/N-ethyl adjacent to an activating group) is 1. The molecule has 2 amide bonds. The Morgan fingerprint density at radius 1 is 1.17 bits per heavy atom. The van der Waals surface area contributed by atoms with Crippen molar-refractivity contribution in [2.75, 3.05) is 7.05 Å². The predicted octanol–water partition coefficient (Wildman–Crippen LogP) is 0.593. The lowest BCUT2D eigenvalue weighted by atomic mass is 9.85. The van der Waals surface area contributed by atoms with Gasteiger partial charge in [-0.3, -0.25) is 14.8 Å². The van der Waals surface area contributed by atoms with Gasteiger partial charge in [-0.15, -0.1) is 0 Å². The van der Waals surface area contributed by atoms with E-state index in [2.05, 4.69) is 10.6 Å². The van der Waals surface area contributed by atoms with Crippen molar-refractivity contribution >= 4 is 29.0 Å². The lowest BCUT2D eigenvalue weighted by Crippen LogP contribution is -2.55. The van der Waals surface area contributed by atoms with Crippen LogP contribution in [0.1, 0.15) is 41.0 Å². The Bertz CT molecular complexity index is 435. The van der Waals surface area contributed by atoms with Gasteiger partial charge in [0, 0.05) is 7.05 Å². The van der Waals surface area contributed by atoms with E-state index in [9.17, 15) is 14.7 Å². The Kier molecular flexibility index (Phi) is 8.65. The first-order chi connectivity index (χ1) is 10.4. The van der Waals surface area contributed by atoms with Gasteiger partial charge in [-0.05, 0) is 17.8 Å². The fourth-order valence-corrected chi connectivity index (χ4v) is 2.62. The van der Waals surface area contributed by atoms with E-state index in [-0.39, 0.29) is 11.3 Å². The van der Waals surface area contributed by atoms with Crippen molar-refractivity contribution in [2.45, 2.75) is 53.2 Å². The van der Waals surface area contributed by atoms with Crippen LogP contribution in [-0.4, -0.2) is 46.3 Å². The highest BCUT2D eigenvalue weighted by molar-refractivity contribution is 7.80. The highest BCUT2D eigenvalue weighted by Gasteiger charge is 2.36. The zero-order chi connectivity index (χ0) is 18.4. The largest absolute Gasteiger partial charge is 0.382 e. The SMILES string of the molecule is CNC(=S)[C@@H](NC(=O)[C@H](CC(C)C)[C@H](O)C(=O)NO)C(C)(C)C. The molecule has 0 unspecified atom stereocenters. The summed E-state index contributed by atoms with van der Waals surface area (Å²) >= 11 is 5.25. The van der Waals surface area contributed by atoms with Gasteiger partial charge in [0.15, 0.2) is 0 Å². The first-order valence-electron chi connectivity index (χ1n) is 7.59. The van der Waals surface area contributed by atoms with Crippen LogP contribution in [0.25, 0.3) is 0 Å². The first-order valence-corrected chi connectivity index (χ1v) is 8.00. The molecule has 0 bridgehead atoms. The summed E-state index contributed by atoms with van der Waals surface area (Å²) in [5, 5.41) is 24.4. The molecule has 0 aliphatic rings. The summed E-state index contributed by atoms with van der Waals surface area (Å²) < 4.78 is 0. The lowest BCUT2D eigenvalue weighted by Gasteiger charge is -2.34. The fraction of sp³-hybridized carbons (Fsp3) is 0.800. The molecule has 7 nitrogen and oxygen atoms in total. The summed E-state index contributed by atoms with van der Waals surface area (Å²) in [5.74, 6) is -2.38. The highest BCUT2D eigenvalue weighted by Crippen LogP contribution is 2.22. The van der Waals surface area contributed by atoms with E-state index in [1.54, 1.807) is 7.05 Å². The molecule has 8 heteroatoms. The molecule has 0 spiro atoms. The Morgan fingerprint density at radius 3 is 2.04 bits per heavy atom. The summed E-state index contributed by atoms with van der Waals surface area (Å²) in [6.45, 7) is 9.54. The molecule has 0 aliphatic carbocycles. The van der Waals surface area contributed by atoms with Crippen molar-refractivity contribution < 1.29 is 19.9 Å². The minimum Gasteiger partial charge on any atom is -0.382 e. The van der Waals surface area contributed by atoms with Crippen LogP contribution in [0.3, 0.4) is 0 Å². The van der Waals surface area contributed by atoms with Gasteiger partial charge in [-0.2, -0.15) is 0 Å². The predicted molar refractivity (Wildman–Crippen MR) is 91.9 cm³/mol. The molecule has 23 heavy (non-hydrogen) atoms. The molecule has 3 atom stereocenters. The summed E-state index contributed by atoms with van der Waals surface area (Å²) in [6, 6.07) is -0.450. The second-order valence-electron chi connectivity index (χ2n) is 7.08. The molecule has 0 heterocycles. The van der Waals surface area contributed by atoms with Crippen LogP contribution in [0.4, 0.5) is 0 Å². The third-order valence-corrected chi connectivity index (χ3v) is 3.92. The molecule has 0 saturated carbocycles. The highest BCUT2D eigenvalue weighted by atomic mass is 32.1. The third kappa shape index (κ3) is 6.80. The summed E-state index contributed by atoms with van der Waals surface area (Å²) in [7, 11) is 1.67. The van der Waals surface area contributed by atoms with E-state index in [0.29, 0.717) is 11.4 Å². The van der Waals surface area contributed by atoms with Crippen LogP contribution < -0.4 is 16.1 Å². The summed E-state index contributed by atoms with van der Waals surface area (Å²) in [4.78, 5) is 24.5. The number of carbonyl (C=O) groups excluding carboxylic acids is 2. The van der Waals surface area contributed by atoms with Gasteiger partial charge in [0.2, 0.25) is 5.91 Å². The Hall–Kier alpha value is -1.25. The zero-order valence-corrected chi connectivity index (χ0v) is 15.5. The number of hydrogen-bond acceptors (Lipinski definition) is 5. The number of nitrogens with one attached hydrogen (secondary N) is 3. The smallest absolute Gasteiger partial charge is 0.272 e. The molecule has 0 aromatic heterocycles. The van der Waals surface area contributed by atoms with Crippen LogP contribution in [0.5, 0.6) is 0 Å². The van der Waals surface area contributed by atoms with Gasteiger partial charge in [-0.1, -0.05) is 46.8 Å². The number of rotatable bonds is 7. The van der Waals surface area contributed by atoms with Crippen molar-refractivity contribution in [1.29, 1.82) is 0 Å². The Balaban J connectivity index is 5.35. The van der Waals surface area contributed by atoms with Crippen molar-refractivity contribution in [2.24, 2.45) is 17.3 Å². The van der Waals surface area contributed by atoms with E-state index < -0.39 is 29.9 Å². The first kappa shape index (κ1) is 21.8. The molecule has 0 aliphatic heterocycles. The molecule has 0 aromatic carbocycles. The number of hydrogen-bond donors (Lipinski definition) is 5. The number of aliphatic hydroxyl groups is 1. The Labute approximate surface area is 143 Å². The van der Waals surface area contributed by atoms with Crippen molar-refractivity contribution in [3.63, 3.8) is 0 Å². The molecule has 0 aromatic rings. The van der Waals surface area contributed by atoms with Crippen molar-refractivity contribution in [1.82, 2.24) is 16.1 Å². The monoisotopic (exact) mass is 347 g/mol. The standard InChI is InChI=1S/C15H29N3O4S/c1-8(2)7-9(10(19)13(21)18-22)12(20)17-11(14(23)16-6)15(3,4)5/h8-11,19,22H,7H2,1-6H3,(H,16,23)(H,17,20)(H,18,21)/t9-,10+,11-/m1/s1. The van der Waals surface area contributed by atoms with Gasteiger partial charge in [0.1, 0.15) is 6.10 Å². The molecule has 134 valence electrons. The summed E-state index contributed by atoms with van der Waals surface area (Å²) in [6.07, 6.45) is -1.34. The maximum absolute atomic E-state index is 12.6. The number of carbonyl (C=O) groups is 2. The third-order valence-electron chi connectivity index (χ3n) is 3.48. The molecular formula is C15H29N3O4S. The number of amides is 2. The van der Waals surface area contributed by atoms with E-state index in [4.69, 9.17) is 17.4 Å². The van der Waals surface area contributed by atoms with E-state index in [1.807, 2.05) is 34.6 Å². The maximum Gasteiger partial charge on any atom is 0.272 e. The minimum absolute atomic E-state index is 0.0798. The molecule has 0 fully saturated rings. The average molecular weight is 347 g/mol. The number of hydroxylamine groups is 1. The van der Waals surface area contributed by atoms with Crippen molar-refractivity contribution in [3.05, 3.63) is 0 Å².